The Kier molecular flexibility index (Phi) is 4.61. The molecule has 3 rings (SSSR count). The lowest BCUT2D eigenvalue weighted by atomic mass is 10.1. The molecule has 2 aromatic carbocycles. The van der Waals surface area contributed by atoms with Crippen molar-refractivity contribution in [2.24, 2.45) is 0 Å². The molecule has 0 aliphatic carbocycles. The number of benzene rings is 2. The Morgan fingerprint density at radius 2 is 1.36 bits per heavy atom. The fourth-order valence-electron chi connectivity index (χ4n) is 2.89. The van der Waals surface area contributed by atoms with Crippen molar-refractivity contribution >= 4 is 0 Å². The van der Waals surface area contributed by atoms with Crippen LogP contribution in [-0.2, 0) is 13.1 Å². The van der Waals surface area contributed by atoms with E-state index in [1.807, 2.05) is 12.1 Å². The Morgan fingerprint density at radius 1 is 0.727 bits per heavy atom. The second-order valence-electron chi connectivity index (χ2n) is 5.82. The first-order valence-corrected chi connectivity index (χ1v) is 7.71. The molecule has 0 bridgehead atoms. The molecule has 1 fully saturated rings. The average Bonchev–Trinajstić information content (AvgIpc) is 2.55. The molecule has 0 spiro atoms. The van der Waals surface area contributed by atoms with Crippen LogP contribution in [0.5, 0.6) is 11.5 Å². The highest BCUT2D eigenvalue weighted by molar-refractivity contribution is 5.44. The minimum absolute atomic E-state index is 0.00853. The van der Waals surface area contributed by atoms with E-state index in [1.165, 1.54) is 11.6 Å². The number of aromatic hydroxyl groups is 2. The Labute approximate surface area is 131 Å². The molecule has 2 N–H and O–H groups in total. The first-order valence-electron chi connectivity index (χ1n) is 7.71. The van der Waals surface area contributed by atoms with Crippen LogP contribution in [0.15, 0.2) is 48.5 Å². The van der Waals surface area contributed by atoms with E-state index in [4.69, 9.17) is 0 Å². The van der Waals surface area contributed by atoms with Crippen LogP contribution in [0.2, 0.25) is 0 Å². The molecule has 0 atom stereocenters. The normalized spacial score (nSPS) is 16.7. The van der Waals surface area contributed by atoms with Gasteiger partial charge in [-0.25, -0.2) is 0 Å². The van der Waals surface area contributed by atoms with Gasteiger partial charge in [0.15, 0.2) is 11.5 Å². The SMILES string of the molecule is Oc1cccc(CN2CCN(Cc3ccccc3)CC2)c1O. The number of hydrogen-bond acceptors (Lipinski definition) is 4. The van der Waals surface area contributed by atoms with Crippen molar-refractivity contribution in [3.8, 4) is 11.5 Å². The lowest BCUT2D eigenvalue weighted by Gasteiger charge is -2.34. The lowest BCUT2D eigenvalue weighted by Crippen LogP contribution is -2.45. The molecule has 0 saturated carbocycles. The van der Waals surface area contributed by atoms with Crippen LogP contribution in [0.3, 0.4) is 0 Å². The third kappa shape index (κ3) is 3.59. The summed E-state index contributed by atoms with van der Waals surface area (Å²) in [6.45, 7) is 5.66. The zero-order valence-corrected chi connectivity index (χ0v) is 12.7. The van der Waals surface area contributed by atoms with Crippen molar-refractivity contribution in [1.29, 1.82) is 0 Å². The van der Waals surface area contributed by atoms with Gasteiger partial charge in [-0.15, -0.1) is 0 Å². The molecular weight excluding hydrogens is 276 g/mol. The van der Waals surface area contributed by atoms with E-state index in [9.17, 15) is 10.2 Å². The van der Waals surface area contributed by atoms with Crippen LogP contribution in [0.1, 0.15) is 11.1 Å². The van der Waals surface area contributed by atoms with Gasteiger partial charge in [-0.2, -0.15) is 0 Å². The fraction of sp³-hybridized carbons (Fsp3) is 0.333. The predicted octanol–water partition coefficient (Wildman–Crippen LogP) is 2.42. The highest BCUT2D eigenvalue weighted by atomic mass is 16.3. The fourth-order valence-corrected chi connectivity index (χ4v) is 2.89. The first kappa shape index (κ1) is 14.9. The third-order valence-corrected chi connectivity index (χ3v) is 4.21. The minimum Gasteiger partial charge on any atom is -0.504 e. The molecule has 1 saturated heterocycles. The monoisotopic (exact) mass is 298 g/mol. The van der Waals surface area contributed by atoms with Gasteiger partial charge in [0.25, 0.3) is 0 Å². The van der Waals surface area contributed by atoms with E-state index >= 15 is 0 Å². The molecule has 0 amide bonds. The summed E-state index contributed by atoms with van der Waals surface area (Å²) < 4.78 is 0. The van der Waals surface area contributed by atoms with Crippen LogP contribution >= 0.6 is 0 Å². The zero-order chi connectivity index (χ0) is 15.4. The number of hydrogen-bond donors (Lipinski definition) is 2. The van der Waals surface area contributed by atoms with Gasteiger partial charge in [0.2, 0.25) is 0 Å². The van der Waals surface area contributed by atoms with Gasteiger partial charge in [-0.3, -0.25) is 9.80 Å². The van der Waals surface area contributed by atoms with Gasteiger partial charge in [-0.05, 0) is 11.6 Å². The maximum Gasteiger partial charge on any atom is 0.161 e. The second-order valence-corrected chi connectivity index (χ2v) is 5.82. The second kappa shape index (κ2) is 6.81. The van der Waals surface area contributed by atoms with Gasteiger partial charge >= 0.3 is 0 Å². The Balaban J connectivity index is 1.52. The molecule has 1 aliphatic rings. The van der Waals surface area contributed by atoms with Crippen molar-refractivity contribution in [3.05, 3.63) is 59.7 Å². The molecule has 22 heavy (non-hydrogen) atoms. The van der Waals surface area contributed by atoms with Gasteiger partial charge < -0.3 is 10.2 Å². The van der Waals surface area contributed by atoms with E-state index in [-0.39, 0.29) is 11.5 Å². The highest BCUT2D eigenvalue weighted by Crippen LogP contribution is 2.29. The molecule has 0 radical (unpaired) electrons. The van der Waals surface area contributed by atoms with Gasteiger partial charge in [0.1, 0.15) is 0 Å². The van der Waals surface area contributed by atoms with Crippen LogP contribution in [0.4, 0.5) is 0 Å². The van der Waals surface area contributed by atoms with Gasteiger partial charge in [-0.1, -0.05) is 42.5 Å². The molecule has 0 unspecified atom stereocenters. The van der Waals surface area contributed by atoms with Crippen molar-refractivity contribution in [2.75, 3.05) is 26.2 Å². The number of phenolic OH excluding ortho intramolecular Hbond substituents is 2. The van der Waals surface area contributed by atoms with Crippen molar-refractivity contribution in [3.63, 3.8) is 0 Å². The summed E-state index contributed by atoms with van der Waals surface area (Å²) in [5.74, 6) is -0.0329. The summed E-state index contributed by atoms with van der Waals surface area (Å²) in [5, 5.41) is 19.4. The Hall–Kier alpha value is -2.04. The summed E-state index contributed by atoms with van der Waals surface area (Å²) in [6, 6.07) is 15.7. The average molecular weight is 298 g/mol. The quantitative estimate of drug-likeness (QED) is 0.851. The smallest absolute Gasteiger partial charge is 0.161 e. The molecular formula is C18H22N2O2. The number of para-hydroxylation sites is 1. The summed E-state index contributed by atoms with van der Waals surface area (Å²) in [6.07, 6.45) is 0. The first-order chi connectivity index (χ1) is 10.7. The molecule has 2 aromatic rings. The maximum absolute atomic E-state index is 9.89. The predicted molar refractivity (Wildman–Crippen MR) is 86.8 cm³/mol. The molecule has 116 valence electrons. The molecule has 1 aliphatic heterocycles. The third-order valence-electron chi connectivity index (χ3n) is 4.21. The molecule has 1 heterocycles. The number of rotatable bonds is 4. The van der Waals surface area contributed by atoms with E-state index in [0.717, 1.165) is 38.3 Å². The summed E-state index contributed by atoms with van der Waals surface area (Å²) >= 11 is 0. The molecule has 4 heteroatoms. The van der Waals surface area contributed by atoms with Crippen LogP contribution in [0, 0.1) is 0 Å². The highest BCUT2D eigenvalue weighted by Gasteiger charge is 2.18. The van der Waals surface area contributed by atoms with Crippen molar-refractivity contribution in [1.82, 2.24) is 9.80 Å². The standard InChI is InChI=1S/C18H22N2O2/c21-17-8-4-7-16(18(17)22)14-20-11-9-19(10-12-20)13-15-5-2-1-3-6-15/h1-8,21-22H,9-14H2. The van der Waals surface area contributed by atoms with Gasteiger partial charge in [0, 0.05) is 44.8 Å². The number of phenols is 2. The van der Waals surface area contributed by atoms with Crippen LogP contribution in [-0.4, -0.2) is 46.2 Å². The van der Waals surface area contributed by atoms with Crippen molar-refractivity contribution in [2.45, 2.75) is 13.1 Å². The summed E-state index contributed by atoms with van der Waals surface area (Å²) in [4.78, 5) is 4.77. The maximum atomic E-state index is 9.89. The lowest BCUT2D eigenvalue weighted by molar-refractivity contribution is 0.121. The largest absolute Gasteiger partial charge is 0.504 e. The Morgan fingerprint density at radius 3 is 2.05 bits per heavy atom. The van der Waals surface area contributed by atoms with E-state index in [2.05, 4.69) is 34.1 Å². The molecule has 0 aromatic heterocycles. The van der Waals surface area contributed by atoms with Crippen LogP contribution in [0.25, 0.3) is 0 Å². The van der Waals surface area contributed by atoms with E-state index in [0.29, 0.717) is 6.54 Å². The van der Waals surface area contributed by atoms with E-state index < -0.39 is 0 Å². The topological polar surface area (TPSA) is 46.9 Å². The number of nitrogens with zero attached hydrogens (tertiary/aromatic N) is 2. The van der Waals surface area contributed by atoms with E-state index in [1.54, 1.807) is 6.07 Å². The Bertz CT molecular complexity index is 608. The minimum atomic E-state index is -0.0415. The molecule has 4 nitrogen and oxygen atoms in total. The number of piperazine rings is 1. The zero-order valence-electron chi connectivity index (χ0n) is 12.7. The summed E-state index contributed by atoms with van der Waals surface area (Å²) in [5.41, 5.74) is 2.14. The van der Waals surface area contributed by atoms with Gasteiger partial charge in [0.05, 0.1) is 0 Å². The summed E-state index contributed by atoms with van der Waals surface area (Å²) in [7, 11) is 0. The van der Waals surface area contributed by atoms with Crippen LogP contribution < -0.4 is 0 Å². The van der Waals surface area contributed by atoms with Crippen molar-refractivity contribution < 1.29 is 10.2 Å².